The summed E-state index contributed by atoms with van der Waals surface area (Å²) in [4.78, 5) is 5.91. The Morgan fingerprint density at radius 2 is 1.88 bits per heavy atom. The Hall–Kier alpha value is -0.800. The zero-order chi connectivity index (χ0) is 17.0. The summed E-state index contributed by atoms with van der Waals surface area (Å²) >= 11 is 0. The summed E-state index contributed by atoms with van der Waals surface area (Å²) in [6.45, 7) is 3.77. The summed E-state index contributed by atoms with van der Waals surface area (Å²) in [7, 11) is 0. The third-order valence-electron chi connectivity index (χ3n) is 4.15. The molecule has 1 fully saturated rings. The number of aliphatic hydroxyl groups excluding tert-OH is 1. The van der Waals surface area contributed by atoms with Crippen LogP contribution in [0.25, 0.3) is 0 Å². The van der Waals surface area contributed by atoms with Crippen LogP contribution in [0.1, 0.15) is 35.7 Å². The van der Waals surface area contributed by atoms with Gasteiger partial charge in [0.1, 0.15) is 5.75 Å². The Morgan fingerprint density at radius 1 is 1.28 bits per heavy atom. The van der Waals surface area contributed by atoms with Gasteiger partial charge in [-0.05, 0) is 13.3 Å². The van der Waals surface area contributed by atoms with Crippen LogP contribution in [0.5, 0.6) is 5.75 Å². The largest absolute Gasteiger partial charge is 0.506 e. The highest BCUT2D eigenvalue weighted by Crippen LogP contribution is 2.38. The van der Waals surface area contributed by atoms with Crippen LogP contribution in [0, 0.1) is 6.92 Å². The Morgan fingerprint density at radius 3 is 2.40 bits per heavy atom. The van der Waals surface area contributed by atoms with Crippen molar-refractivity contribution in [3.8, 4) is 5.75 Å². The molecule has 3 N–H and O–H groups in total. The van der Waals surface area contributed by atoms with Crippen molar-refractivity contribution in [2.75, 3.05) is 26.2 Å². The molecule has 0 aliphatic carbocycles. The topological polar surface area (TPSA) is 68.6 Å². The zero-order valence-electron chi connectivity index (χ0n) is 13.8. The van der Waals surface area contributed by atoms with E-state index in [1.807, 2.05) is 4.90 Å². The van der Waals surface area contributed by atoms with Crippen LogP contribution >= 0.6 is 24.8 Å². The zero-order valence-corrected chi connectivity index (χ0v) is 15.5. The maximum absolute atomic E-state index is 12.7. The van der Waals surface area contributed by atoms with Gasteiger partial charge in [0.15, 0.2) is 0 Å². The molecule has 1 aromatic heterocycles. The van der Waals surface area contributed by atoms with Crippen LogP contribution < -0.4 is 5.32 Å². The van der Waals surface area contributed by atoms with Crippen molar-refractivity contribution >= 4 is 24.8 Å². The predicted molar refractivity (Wildman–Crippen MR) is 93.5 cm³/mol. The molecule has 5 nitrogen and oxygen atoms in total. The molecule has 0 spiro atoms. The fraction of sp³-hybridized carbons (Fsp3) is 0.667. The number of alkyl halides is 3. The molecule has 1 aliphatic heterocycles. The molecule has 1 aliphatic rings. The van der Waals surface area contributed by atoms with Gasteiger partial charge in [-0.2, -0.15) is 13.2 Å². The van der Waals surface area contributed by atoms with E-state index in [0.29, 0.717) is 43.0 Å². The van der Waals surface area contributed by atoms with E-state index < -0.39 is 18.6 Å². The van der Waals surface area contributed by atoms with Gasteiger partial charge in [0.2, 0.25) is 0 Å². The van der Waals surface area contributed by atoms with Gasteiger partial charge in [-0.3, -0.25) is 9.88 Å². The lowest BCUT2D eigenvalue weighted by Gasteiger charge is -2.36. The number of piperazine rings is 1. The summed E-state index contributed by atoms with van der Waals surface area (Å²) < 4.78 is 38.1. The molecule has 146 valence electrons. The van der Waals surface area contributed by atoms with Crippen LogP contribution in [0.2, 0.25) is 0 Å². The molecule has 1 saturated heterocycles. The third kappa shape index (κ3) is 6.45. The Labute approximate surface area is 157 Å². The maximum atomic E-state index is 12.7. The van der Waals surface area contributed by atoms with Gasteiger partial charge in [0, 0.05) is 56.0 Å². The van der Waals surface area contributed by atoms with Crippen molar-refractivity contribution in [2.45, 2.75) is 38.6 Å². The van der Waals surface area contributed by atoms with Gasteiger partial charge in [-0.1, -0.05) is 0 Å². The molecule has 2 rings (SSSR count). The van der Waals surface area contributed by atoms with Gasteiger partial charge in [0.05, 0.1) is 12.3 Å². The molecule has 1 atom stereocenters. The van der Waals surface area contributed by atoms with Gasteiger partial charge in [0.25, 0.3) is 0 Å². The molecule has 0 radical (unpaired) electrons. The average molecular weight is 406 g/mol. The minimum absolute atomic E-state index is 0. The first-order chi connectivity index (χ1) is 10.8. The lowest BCUT2D eigenvalue weighted by molar-refractivity contribution is -0.138. The second-order valence-electron chi connectivity index (χ2n) is 5.74. The first kappa shape index (κ1) is 24.2. The number of halogens is 5. The summed E-state index contributed by atoms with van der Waals surface area (Å²) in [5.74, 6) is -0.123. The molecular formula is C15H24Cl2F3N3O2. The highest BCUT2D eigenvalue weighted by atomic mass is 35.5. The number of rotatable bonds is 5. The van der Waals surface area contributed by atoms with Crippen molar-refractivity contribution in [1.29, 1.82) is 0 Å². The number of hydrogen-bond acceptors (Lipinski definition) is 5. The van der Waals surface area contributed by atoms with E-state index in [0.717, 1.165) is 0 Å². The second kappa shape index (κ2) is 10.4. The third-order valence-corrected chi connectivity index (χ3v) is 4.15. The number of hydrogen-bond donors (Lipinski definition) is 3. The Bertz CT molecular complexity index is 541. The molecular weight excluding hydrogens is 382 g/mol. The summed E-state index contributed by atoms with van der Waals surface area (Å²) in [6, 6.07) is -0.595. The molecule has 2 heterocycles. The van der Waals surface area contributed by atoms with Crippen LogP contribution in [0.3, 0.4) is 0 Å². The van der Waals surface area contributed by atoms with Crippen LogP contribution in [0.15, 0.2) is 6.20 Å². The number of nitrogens with one attached hydrogen (secondary N) is 1. The van der Waals surface area contributed by atoms with Gasteiger partial charge >= 0.3 is 6.18 Å². The van der Waals surface area contributed by atoms with Crippen LogP contribution in [-0.4, -0.2) is 52.5 Å². The highest BCUT2D eigenvalue weighted by Gasteiger charge is 2.33. The van der Waals surface area contributed by atoms with Crippen molar-refractivity contribution < 1.29 is 23.4 Å². The van der Waals surface area contributed by atoms with E-state index in [1.54, 1.807) is 6.92 Å². The number of aryl methyl sites for hydroxylation is 1. The molecule has 10 heteroatoms. The number of pyridine rings is 1. The second-order valence-corrected chi connectivity index (χ2v) is 5.74. The standard InChI is InChI=1S/C15H22F3N3O2.2ClH/c1-10-14(23)13(11(9-22)8-20-10)12(2-3-15(16,17)18)21-6-4-19-5-7-21;;/h8,12,19,22-23H,2-7,9H2,1H3;2*1H/t12-;;/m1../s1. The van der Waals surface area contributed by atoms with Crippen molar-refractivity contribution in [3.05, 3.63) is 23.0 Å². The van der Waals surface area contributed by atoms with Gasteiger partial charge in [-0.25, -0.2) is 0 Å². The quantitative estimate of drug-likeness (QED) is 0.702. The minimum atomic E-state index is -4.26. The number of aromatic nitrogens is 1. The molecule has 0 amide bonds. The van der Waals surface area contributed by atoms with E-state index >= 15 is 0 Å². The van der Waals surface area contributed by atoms with Crippen LogP contribution in [0.4, 0.5) is 13.2 Å². The Kier molecular flexibility index (Phi) is 10.0. The Balaban J connectivity index is 0.00000288. The smallest absolute Gasteiger partial charge is 0.389 e. The van der Waals surface area contributed by atoms with Crippen molar-refractivity contribution in [1.82, 2.24) is 15.2 Å². The normalized spacial score (nSPS) is 16.7. The van der Waals surface area contributed by atoms with E-state index in [4.69, 9.17) is 0 Å². The lowest BCUT2D eigenvalue weighted by Crippen LogP contribution is -2.45. The van der Waals surface area contributed by atoms with E-state index in [-0.39, 0.29) is 43.6 Å². The monoisotopic (exact) mass is 405 g/mol. The van der Waals surface area contributed by atoms with E-state index in [2.05, 4.69) is 10.3 Å². The minimum Gasteiger partial charge on any atom is -0.506 e. The van der Waals surface area contributed by atoms with E-state index in [1.165, 1.54) is 6.20 Å². The fourth-order valence-electron chi connectivity index (χ4n) is 2.95. The number of aromatic hydroxyl groups is 1. The maximum Gasteiger partial charge on any atom is 0.389 e. The molecule has 0 bridgehead atoms. The molecule has 1 aromatic rings. The molecule has 0 unspecified atom stereocenters. The summed E-state index contributed by atoms with van der Waals surface area (Å²) in [5.41, 5.74) is 1.09. The van der Waals surface area contributed by atoms with Crippen molar-refractivity contribution in [3.63, 3.8) is 0 Å². The SMILES string of the molecule is Cc1ncc(CO)c([C@@H](CCC(F)(F)F)N2CCNCC2)c1O.Cl.Cl. The lowest BCUT2D eigenvalue weighted by atomic mass is 9.94. The van der Waals surface area contributed by atoms with Gasteiger partial charge in [-0.15, -0.1) is 24.8 Å². The number of aliphatic hydroxyl groups is 1. The first-order valence-corrected chi connectivity index (χ1v) is 7.63. The van der Waals surface area contributed by atoms with E-state index in [9.17, 15) is 23.4 Å². The summed E-state index contributed by atoms with van der Waals surface area (Å²) in [6.07, 6.45) is -3.93. The summed E-state index contributed by atoms with van der Waals surface area (Å²) in [5, 5.41) is 23.0. The van der Waals surface area contributed by atoms with Crippen molar-refractivity contribution in [2.24, 2.45) is 0 Å². The fourth-order valence-corrected chi connectivity index (χ4v) is 2.95. The predicted octanol–water partition coefficient (Wildman–Crippen LogP) is 2.72. The van der Waals surface area contributed by atoms with Crippen LogP contribution in [-0.2, 0) is 6.61 Å². The first-order valence-electron chi connectivity index (χ1n) is 7.63. The van der Waals surface area contributed by atoms with Gasteiger partial charge < -0.3 is 15.5 Å². The highest BCUT2D eigenvalue weighted by molar-refractivity contribution is 5.85. The number of nitrogens with zero attached hydrogens (tertiary/aromatic N) is 2. The molecule has 0 aromatic carbocycles. The molecule has 25 heavy (non-hydrogen) atoms. The molecule has 0 saturated carbocycles. The average Bonchev–Trinajstić information content (AvgIpc) is 2.51.